The van der Waals surface area contributed by atoms with Gasteiger partial charge in [0.05, 0.1) is 18.6 Å². The van der Waals surface area contributed by atoms with Crippen molar-refractivity contribution < 1.29 is 18.3 Å². The maximum atomic E-state index is 12.3. The molecule has 0 heterocycles. The van der Waals surface area contributed by atoms with Gasteiger partial charge in [0.2, 0.25) is 0 Å². The number of nitriles is 1. The van der Waals surface area contributed by atoms with Crippen LogP contribution in [-0.4, -0.2) is 19.8 Å². The molecule has 20 heavy (non-hydrogen) atoms. The molecule has 0 bridgehead atoms. The van der Waals surface area contributed by atoms with E-state index in [0.29, 0.717) is 25.4 Å². The number of hydrogen-bond donors (Lipinski definition) is 1. The van der Waals surface area contributed by atoms with Crippen molar-refractivity contribution >= 4 is 0 Å². The van der Waals surface area contributed by atoms with Gasteiger partial charge in [0.15, 0.2) is 11.5 Å². The van der Waals surface area contributed by atoms with Crippen LogP contribution in [0.1, 0.15) is 19.4 Å². The summed E-state index contributed by atoms with van der Waals surface area (Å²) in [6.45, 7) is 2.16. The van der Waals surface area contributed by atoms with Crippen LogP contribution in [0.25, 0.3) is 0 Å². The van der Waals surface area contributed by atoms with E-state index in [1.54, 1.807) is 19.1 Å². The van der Waals surface area contributed by atoms with E-state index in [0.717, 1.165) is 5.56 Å². The average molecular weight is 284 g/mol. The van der Waals surface area contributed by atoms with Gasteiger partial charge >= 0.3 is 6.61 Å². The van der Waals surface area contributed by atoms with Crippen molar-refractivity contribution in [1.29, 1.82) is 5.26 Å². The van der Waals surface area contributed by atoms with Crippen molar-refractivity contribution in [3.63, 3.8) is 0 Å². The number of hydrogen-bond acceptors (Lipinski definition) is 4. The standard InChI is InChI=1S/C14H18F2N2O2/c1-3-19-13-6-11(9-18-8-10(2)7-17)4-5-12(13)20-14(15)16/h4-6,10,14,18H,3,8-9H2,1-2H3. The molecule has 0 saturated carbocycles. The number of rotatable bonds is 8. The van der Waals surface area contributed by atoms with E-state index in [4.69, 9.17) is 10.00 Å². The lowest BCUT2D eigenvalue weighted by Crippen LogP contribution is -2.19. The van der Waals surface area contributed by atoms with Gasteiger partial charge in [0.1, 0.15) is 0 Å². The summed E-state index contributed by atoms with van der Waals surface area (Å²) < 4.78 is 34.2. The van der Waals surface area contributed by atoms with E-state index in [-0.39, 0.29) is 11.7 Å². The minimum absolute atomic E-state index is 0.0241. The number of benzene rings is 1. The first-order chi connectivity index (χ1) is 9.56. The smallest absolute Gasteiger partial charge is 0.387 e. The Kier molecular flexibility index (Phi) is 6.74. The van der Waals surface area contributed by atoms with Crippen molar-refractivity contribution in [2.75, 3.05) is 13.2 Å². The van der Waals surface area contributed by atoms with Gasteiger partial charge < -0.3 is 14.8 Å². The predicted octanol–water partition coefficient (Wildman–Crippen LogP) is 2.94. The zero-order valence-corrected chi connectivity index (χ0v) is 11.5. The van der Waals surface area contributed by atoms with Gasteiger partial charge in [-0.3, -0.25) is 0 Å². The van der Waals surface area contributed by atoms with E-state index in [1.165, 1.54) is 6.07 Å². The Morgan fingerprint density at radius 2 is 2.10 bits per heavy atom. The summed E-state index contributed by atoms with van der Waals surface area (Å²) >= 11 is 0. The van der Waals surface area contributed by atoms with Gasteiger partial charge in [0, 0.05) is 13.1 Å². The normalized spacial score (nSPS) is 12.0. The third kappa shape index (κ3) is 5.41. The fourth-order valence-corrected chi connectivity index (χ4v) is 1.60. The molecule has 1 atom stereocenters. The Hall–Kier alpha value is -1.87. The summed E-state index contributed by atoms with van der Waals surface area (Å²) in [7, 11) is 0. The average Bonchev–Trinajstić information content (AvgIpc) is 2.41. The maximum absolute atomic E-state index is 12.3. The van der Waals surface area contributed by atoms with Crippen LogP contribution < -0.4 is 14.8 Å². The van der Waals surface area contributed by atoms with Crippen LogP contribution in [0, 0.1) is 17.2 Å². The Bertz CT molecular complexity index is 461. The highest BCUT2D eigenvalue weighted by Crippen LogP contribution is 2.29. The second-order valence-electron chi connectivity index (χ2n) is 4.25. The molecule has 0 aliphatic carbocycles. The number of nitrogens with one attached hydrogen (secondary N) is 1. The molecule has 0 fully saturated rings. The molecule has 0 aliphatic heterocycles. The summed E-state index contributed by atoms with van der Waals surface area (Å²) in [4.78, 5) is 0. The minimum Gasteiger partial charge on any atom is -0.490 e. The fraction of sp³-hybridized carbons (Fsp3) is 0.500. The molecule has 1 aromatic carbocycles. The molecular formula is C14H18F2N2O2. The molecule has 0 aliphatic rings. The van der Waals surface area contributed by atoms with Crippen LogP contribution in [-0.2, 0) is 6.54 Å². The van der Waals surface area contributed by atoms with Crippen LogP contribution in [0.4, 0.5) is 8.78 Å². The third-order valence-electron chi connectivity index (χ3n) is 2.52. The van der Waals surface area contributed by atoms with Crippen molar-refractivity contribution in [3.8, 4) is 17.6 Å². The molecule has 1 N–H and O–H groups in total. The Balaban J connectivity index is 2.69. The number of ether oxygens (including phenoxy) is 2. The quantitative estimate of drug-likeness (QED) is 0.797. The highest BCUT2D eigenvalue weighted by Gasteiger charge is 2.11. The van der Waals surface area contributed by atoms with Gasteiger partial charge in [0.25, 0.3) is 0 Å². The SMILES string of the molecule is CCOc1cc(CNCC(C)C#N)ccc1OC(F)F. The van der Waals surface area contributed by atoms with Gasteiger partial charge in [-0.2, -0.15) is 14.0 Å². The lowest BCUT2D eigenvalue weighted by Gasteiger charge is -2.13. The van der Waals surface area contributed by atoms with Crippen LogP contribution in [0.5, 0.6) is 11.5 Å². The number of halogens is 2. The van der Waals surface area contributed by atoms with Crippen molar-refractivity contribution in [1.82, 2.24) is 5.32 Å². The van der Waals surface area contributed by atoms with E-state index >= 15 is 0 Å². The monoisotopic (exact) mass is 284 g/mol. The Morgan fingerprint density at radius 3 is 2.70 bits per heavy atom. The Morgan fingerprint density at radius 1 is 1.35 bits per heavy atom. The van der Waals surface area contributed by atoms with Crippen molar-refractivity contribution in [3.05, 3.63) is 23.8 Å². The van der Waals surface area contributed by atoms with E-state index in [1.807, 2.05) is 6.92 Å². The van der Waals surface area contributed by atoms with E-state index < -0.39 is 6.61 Å². The molecule has 1 unspecified atom stereocenters. The summed E-state index contributed by atoms with van der Waals surface area (Å²) in [5.74, 6) is 0.235. The molecular weight excluding hydrogens is 266 g/mol. The topological polar surface area (TPSA) is 54.3 Å². The summed E-state index contributed by atoms with van der Waals surface area (Å²) in [5.41, 5.74) is 0.875. The second-order valence-corrected chi connectivity index (χ2v) is 4.25. The summed E-state index contributed by atoms with van der Waals surface area (Å²) in [6.07, 6.45) is 0. The number of alkyl halides is 2. The zero-order valence-electron chi connectivity index (χ0n) is 11.5. The highest BCUT2D eigenvalue weighted by atomic mass is 19.3. The largest absolute Gasteiger partial charge is 0.490 e. The first-order valence-electron chi connectivity index (χ1n) is 6.37. The van der Waals surface area contributed by atoms with Gasteiger partial charge in [-0.05, 0) is 31.5 Å². The van der Waals surface area contributed by atoms with Gasteiger partial charge in [-0.15, -0.1) is 0 Å². The molecule has 0 radical (unpaired) electrons. The van der Waals surface area contributed by atoms with E-state index in [2.05, 4.69) is 16.1 Å². The summed E-state index contributed by atoms with van der Waals surface area (Å²) in [6, 6.07) is 6.93. The van der Waals surface area contributed by atoms with E-state index in [9.17, 15) is 8.78 Å². The third-order valence-corrected chi connectivity index (χ3v) is 2.52. The minimum atomic E-state index is -2.88. The molecule has 0 spiro atoms. The fourth-order valence-electron chi connectivity index (χ4n) is 1.60. The van der Waals surface area contributed by atoms with Crippen LogP contribution in [0.15, 0.2) is 18.2 Å². The molecule has 0 aromatic heterocycles. The molecule has 0 amide bonds. The first kappa shape index (κ1) is 16.2. The van der Waals surface area contributed by atoms with Crippen molar-refractivity contribution in [2.45, 2.75) is 27.0 Å². The lowest BCUT2D eigenvalue weighted by atomic mass is 10.1. The van der Waals surface area contributed by atoms with Crippen LogP contribution in [0.3, 0.4) is 0 Å². The first-order valence-corrected chi connectivity index (χ1v) is 6.37. The predicted molar refractivity (Wildman–Crippen MR) is 70.7 cm³/mol. The second kappa shape index (κ2) is 8.33. The molecule has 4 nitrogen and oxygen atoms in total. The van der Waals surface area contributed by atoms with Crippen LogP contribution in [0.2, 0.25) is 0 Å². The lowest BCUT2D eigenvalue weighted by molar-refractivity contribution is -0.0514. The molecule has 6 heteroatoms. The van der Waals surface area contributed by atoms with Gasteiger partial charge in [-0.25, -0.2) is 0 Å². The molecule has 0 saturated heterocycles. The van der Waals surface area contributed by atoms with Crippen LogP contribution >= 0.6 is 0 Å². The van der Waals surface area contributed by atoms with Crippen molar-refractivity contribution in [2.24, 2.45) is 5.92 Å². The van der Waals surface area contributed by atoms with Gasteiger partial charge in [-0.1, -0.05) is 6.07 Å². The molecule has 1 aromatic rings. The zero-order chi connectivity index (χ0) is 15.0. The number of nitrogens with zero attached hydrogens (tertiary/aromatic N) is 1. The summed E-state index contributed by atoms with van der Waals surface area (Å²) in [5, 5.41) is 11.8. The highest BCUT2D eigenvalue weighted by molar-refractivity contribution is 5.43. The molecule has 1 rings (SSSR count). The maximum Gasteiger partial charge on any atom is 0.387 e. The molecule has 110 valence electrons. The Labute approximate surface area is 117 Å².